The fourth-order valence-electron chi connectivity index (χ4n) is 16.3. The molecule has 29 heteroatoms. The zero-order valence-corrected chi connectivity index (χ0v) is 96.3. The predicted molar refractivity (Wildman–Crippen MR) is 576 cm³/mol. The molecule has 14 nitrogen and oxygen atoms in total. The van der Waals surface area contributed by atoms with Crippen molar-refractivity contribution < 1.29 is 144 Å². The molecule has 0 aromatic heterocycles. The molecule has 6 aromatic carbocycles. The molecule has 0 aliphatic heterocycles. The van der Waals surface area contributed by atoms with Crippen molar-refractivity contribution in [1.82, 2.24) is 0 Å². The summed E-state index contributed by atoms with van der Waals surface area (Å²) in [5, 5.41) is 83.2. The summed E-state index contributed by atoms with van der Waals surface area (Å²) in [6.07, 6.45) is 0.955. The fraction of sp³-hybridized carbons (Fsp3) is 0.644. The number of aliphatic imine (C=N–C) groups is 6. The zero-order chi connectivity index (χ0) is 110. The first-order chi connectivity index (χ1) is 63.6. The number of phenolic OH excluding ortho intramolecular Hbond substituents is 6. The van der Waals surface area contributed by atoms with Gasteiger partial charge < -0.3 is 40.9 Å². The minimum Gasteiger partial charge on any atom is -0.507 e. The van der Waals surface area contributed by atoms with Crippen LogP contribution in [-0.2, 0) is 115 Å². The Morgan fingerprint density at radius 2 is 0.299 bits per heavy atom. The molecule has 6 aromatic rings. The molecule has 0 unspecified atom stereocenters. The van der Waals surface area contributed by atoms with Gasteiger partial charge in [-0.2, -0.15) is 52.7 Å². The van der Waals surface area contributed by atoms with Crippen molar-refractivity contribution in [3.63, 3.8) is 0 Å². The van der Waals surface area contributed by atoms with Gasteiger partial charge in [0.25, 0.3) is 11.2 Å². The Hall–Kier alpha value is -7.26. The molecule has 3 radical (unpaired) electrons. The SMILES string of the molecule is C.C.CC(C)(C)c1cc(C=N[C@H]2CCCC[C@@H]2N=Cc2cc(C(C)(C)C)cc(C(C)(C)C)c2O)c(O)c(C(C)(C)C)c1.CC(C)(C)c1cc(C=N[C@H]2CCCC[C@@H]2N=Cc2cc(C(C)(C)C)cc(C(C)(C)C)c2O)c(O)c(C(C)(C)C)c1.CC(C)(C)c1cc(C=N[C@H]2CCCC[C@@H]2N=Cc2cc(C(C)(C)C)cc(C(C)(C)C)c2O)c(O)c(C(C)(C)C)c1.CC(O)(C(F)(F)F)C(F)(F)F.CC(O)(C(F)(F)F)C(F)(F)F.[Co].[Co].[Co]. The largest absolute Gasteiger partial charge is 0.507 e. The number of aliphatic hydroxyl groups is 2. The third kappa shape index (κ3) is 38.5. The molecule has 3 saturated carbocycles. The van der Waals surface area contributed by atoms with Crippen molar-refractivity contribution >= 4 is 37.3 Å². The summed E-state index contributed by atoms with van der Waals surface area (Å²) in [6.45, 7) is 77.4. The Labute approximate surface area is 904 Å². The van der Waals surface area contributed by atoms with E-state index >= 15 is 0 Å². The van der Waals surface area contributed by atoms with Gasteiger partial charge >= 0.3 is 24.7 Å². The van der Waals surface area contributed by atoms with Crippen LogP contribution in [0, 0.1) is 0 Å². The van der Waals surface area contributed by atoms with Crippen LogP contribution in [0.5, 0.6) is 34.5 Å². The van der Waals surface area contributed by atoms with Gasteiger partial charge in [-0.05, 0) is 187 Å². The van der Waals surface area contributed by atoms with Crippen LogP contribution in [0.3, 0.4) is 0 Å². The average Bonchev–Trinajstić information content (AvgIpc) is 0.764. The van der Waals surface area contributed by atoms with E-state index < -0.39 is 35.9 Å². The standard InChI is InChI=1S/3C36H54N2O2.2C4H4F6O.2CH4.3Co/c3*1-33(2,3)25-17-23(31(39)27(19-25)35(7,8)9)21-37-29-15-13-14-16-30(29)38-22-24-18-26(34(4,5)6)20-28(32(24)40)36(10,11)12;2*1-2(11,3(5,6)7)4(8,9)10;;;;;/h3*17-22,29-30,39-40H,13-16H2,1-12H3;2*11H,1H3;2*1H4;;;/t3*29-,30-;;;;;;;/m000......./s1. The maximum atomic E-state index is 11.4. The molecule has 3 fully saturated rings. The first-order valence-electron chi connectivity index (χ1n) is 49.8. The maximum absolute atomic E-state index is 11.4. The topological polar surface area (TPSA) is 236 Å². The number of halogens is 12. The van der Waals surface area contributed by atoms with Gasteiger partial charge in [0.1, 0.15) is 34.5 Å². The second-order valence-corrected chi connectivity index (χ2v) is 51.8. The van der Waals surface area contributed by atoms with Gasteiger partial charge in [0.2, 0.25) is 0 Å². The van der Waals surface area contributed by atoms with Crippen molar-refractivity contribution in [2.75, 3.05) is 0 Å². The third-order valence-corrected chi connectivity index (χ3v) is 26.6. The Kier molecular flexibility index (Phi) is 48.7. The summed E-state index contributed by atoms with van der Waals surface area (Å²) in [5.41, 5.74) is 6.93. The molecule has 3 aliphatic rings. The summed E-state index contributed by atoms with van der Waals surface area (Å²) in [4.78, 5) is 30.2. The predicted octanol–water partition coefficient (Wildman–Crippen LogP) is 32.4. The minimum atomic E-state index is -5.69. The quantitative estimate of drug-likeness (QED) is 0.0432. The molecule has 0 bridgehead atoms. The van der Waals surface area contributed by atoms with E-state index in [1.807, 2.05) is 37.3 Å². The van der Waals surface area contributed by atoms with E-state index in [-0.39, 0.29) is 180 Å². The molecule has 6 atom stereocenters. The molecule has 147 heavy (non-hydrogen) atoms. The van der Waals surface area contributed by atoms with Crippen molar-refractivity contribution in [3.05, 3.63) is 173 Å². The maximum Gasteiger partial charge on any atom is 0.425 e. The number of hydrogen-bond donors (Lipinski definition) is 8. The van der Waals surface area contributed by atoms with Crippen LogP contribution < -0.4 is 0 Å². The van der Waals surface area contributed by atoms with Crippen LogP contribution in [0.2, 0.25) is 0 Å². The minimum absolute atomic E-state index is 0. The van der Waals surface area contributed by atoms with Crippen LogP contribution >= 0.6 is 0 Å². The number of hydrogen-bond acceptors (Lipinski definition) is 14. The van der Waals surface area contributed by atoms with Gasteiger partial charge in [0, 0.05) is 154 Å². The summed E-state index contributed by atoms with van der Waals surface area (Å²) in [6, 6.07) is 25.6. The van der Waals surface area contributed by atoms with Crippen LogP contribution in [-0.4, -0.2) is 150 Å². The molecule has 0 saturated heterocycles. The van der Waals surface area contributed by atoms with Gasteiger partial charge in [-0.25, -0.2) is 0 Å². The number of benzene rings is 6. The van der Waals surface area contributed by atoms with Gasteiger partial charge in [-0.1, -0.05) is 339 Å². The number of nitrogens with zero attached hydrogens (tertiary/aromatic N) is 6. The second kappa shape index (κ2) is 51.2. The van der Waals surface area contributed by atoms with Crippen molar-refractivity contribution in [3.8, 4) is 34.5 Å². The van der Waals surface area contributed by atoms with Gasteiger partial charge in [0.05, 0.1) is 36.3 Å². The van der Waals surface area contributed by atoms with Gasteiger partial charge in [0.15, 0.2) is 0 Å². The van der Waals surface area contributed by atoms with Crippen LogP contribution in [0.25, 0.3) is 0 Å². The molecule has 0 spiro atoms. The van der Waals surface area contributed by atoms with Crippen molar-refractivity contribution in [1.29, 1.82) is 0 Å². The van der Waals surface area contributed by atoms with E-state index in [9.17, 15) is 83.3 Å². The Morgan fingerprint density at radius 1 is 0.197 bits per heavy atom. The summed E-state index contributed by atoms with van der Waals surface area (Å²) in [7, 11) is 0. The Bertz CT molecular complexity index is 4630. The monoisotopic (exact) mass is 2210 g/mol. The van der Waals surface area contributed by atoms with Gasteiger partial charge in [-0.15, -0.1) is 0 Å². The first kappa shape index (κ1) is 140. The fourth-order valence-corrected chi connectivity index (χ4v) is 16.3. The number of rotatable bonds is 12. The first-order valence-corrected chi connectivity index (χ1v) is 49.8. The second-order valence-electron chi connectivity index (χ2n) is 51.8. The normalized spacial score (nSPS) is 18.3. The van der Waals surface area contributed by atoms with E-state index in [0.717, 1.165) is 144 Å². The number of aromatic hydroxyl groups is 6. The molecule has 0 amide bonds. The molecular formula is C118H178Co3F12N6O8. The van der Waals surface area contributed by atoms with Crippen LogP contribution in [0.4, 0.5) is 52.7 Å². The molecule has 839 valence electrons. The van der Waals surface area contributed by atoms with E-state index in [0.29, 0.717) is 34.5 Å². The smallest absolute Gasteiger partial charge is 0.425 e. The Balaban J connectivity index is 0.00000193. The van der Waals surface area contributed by atoms with Crippen molar-refractivity contribution in [2.24, 2.45) is 30.0 Å². The molecule has 0 heterocycles. The van der Waals surface area contributed by atoms with E-state index in [4.69, 9.17) is 40.2 Å². The Morgan fingerprint density at radius 3 is 0.374 bits per heavy atom. The summed E-state index contributed by atoms with van der Waals surface area (Å²) < 4.78 is 136. The number of alkyl halides is 12. The molecule has 9 rings (SSSR count). The van der Waals surface area contributed by atoms with E-state index in [1.165, 1.54) is 33.4 Å². The summed E-state index contributed by atoms with van der Waals surface area (Å²) >= 11 is 0. The third-order valence-electron chi connectivity index (χ3n) is 26.6. The molecule has 8 N–H and O–H groups in total. The van der Waals surface area contributed by atoms with E-state index in [1.54, 1.807) is 0 Å². The van der Waals surface area contributed by atoms with E-state index in [2.05, 4.69) is 322 Å². The average molecular weight is 2210 g/mol. The molecule has 3 aliphatic carbocycles. The van der Waals surface area contributed by atoms with Crippen LogP contribution in [0.15, 0.2) is 103 Å². The van der Waals surface area contributed by atoms with Crippen molar-refractivity contribution in [2.45, 2.75) is 492 Å². The van der Waals surface area contributed by atoms with Gasteiger partial charge in [-0.3, -0.25) is 30.0 Å². The zero-order valence-electron chi connectivity index (χ0n) is 93.1. The molecular weight excluding hydrogens is 2030 g/mol. The van der Waals surface area contributed by atoms with Crippen LogP contribution in [0.1, 0.15) is 455 Å². The number of phenols is 6. The summed E-state index contributed by atoms with van der Waals surface area (Å²) in [5.74, 6) is 1.91.